The lowest BCUT2D eigenvalue weighted by Crippen LogP contribution is -2.34. The third-order valence-electron chi connectivity index (χ3n) is 3.43. The van der Waals surface area contributed by atoms with Crippen LogP contribution in [-0.4, -0.2) is 34.8 Å². The second-order valence-electron chi connectivity index (χ2n) is 6.11. The highest BCUT2D eigenvalue weighted by Gasteiger charge is 2.35. The number of hydrogen-bond donors (Lipinski definition) is 1. The first kappa shape index (κ1) is 14.7. The van der Waals surface area contributed by atoms with Crippen LogP contribution in [0.3, 0.4) is 0 Å². The Kier molecular flexibility index (Phi) is 4.43. The van der Waals surface area contributed by atoms with E-state index in [0.717, 1.165) is 18.8 Å². The molecule has 0 saturated carbocycles. The van der Waals surface area contributed by atoms with Crippen LogP contribution in [0.4, 0.5) is 0 Å². The summed E-state index contributed by atoms with van der Waals surface area (Å²) in [6.07, 6.45) is 1.89. The van der Waals surface area contributed by atoms with Gasteiger partial charge in [-0.25, -0.2) is 9.97 Å². The van der Waals surface area contributed by atoms with Crippen LogP contribution in [0.1, 0.15) is 39.3 Å². The molecule has 0 radical (unpaired) electrons. The summed E-state index contributed by atoms with van der Waals surface area (Å²) >= 11 is 5.88. The summed E-state index contributed by atoms with van der Waals surface area (Å²) in [5, 5.41) is 3.74. The summed E-state index contributed by atoms with van der Waals surface area (Å²) in [5.74, 6) is 0.739. The number of hydrogen-bond acceptors (Lipinski definition) is 4. The molecule has 1 unspecified atom stereocenters. The Morgan fingerprint density at radius 1 is 1.42 bits per heavy atom. The third-order valence-corrected chi connectivity index (χ3v) is 3.61. The zero-order valence-corrected chi connectivity index (χ0v) is 12.7. The van der Waals surface area contributed by atoms with E-state index in [1.54, 1.807) is 6.20 Å². The maximum atomic E-state index is 6.09. The Hall–Kier alpha value is -0.710. The lowest BCUT2D eigenvalue weighted by Gasteiger charge is -2.31. The molecular weight excluding hydrogens is 262 g/mol. The van der Waals surface area contributed by atoms with Crippen molar-refractivity contribution < 1.29 is 4.74 Å². The molecule has 0 amide bonds. The number of nitrogens with zero attached hydrogens (tertiary/aromatic N) is 2. The van der Waals surface area contributed by atoms with Gasteiger partial charge in [0.2, 0.25) is 5.28 Å². The third kappa shape index (κ3) is 3.88. The normalized spacial score (nSPS) is 25.5. The van der Waals surface area contributed by atoms with E-state index >= 15 is 0 Å². The minimum atomic E-state index is -0.129. The molecule has 3 atom stereocenters. The van der Waals surface area contributed by atoms with Crippen molar-refractivity contribution in [2.24, 2.45) is 5.92 Å². The fraction of sp³-hybridized carbons (Fsp3) is 0.714. The second-order valence-corrected chi connectivity index (χ2v) is 6.45. The van der Waals surface area contributed by atoms with Crippen LogP contribution in [0.15, 0.2) is 12.3 Å². The van der Waals surface area contributed by atoms with Gasteiger partial charge in [-0.2, -0.15) is 0 Å². The predicted octanol–water partition coefficient (Wildman–Crippen LogP) is 2.64. The fourth-order valence-electron chi connectivity index (χ4n) is 2.72. The van der Waals surface area contributed by atoms with E-state index in [1.807, 2.05) is 6.07 Å². The number of halogens is 1. The van der Waals surface area contributed by atoms with Crippen molar-refractivity contribution in [1.82, 2.24) is 15.3 Å². The Balaban J connectivity index is 2.13. The van der Waals surface area contributed by atoms with E-state index in [9.17, 15) is 0 Å². The number of nitrogens with one attached hydrogen (secondary N) is 1. The van der Waals surface area contributed by atoms with Gasteiger partial charge in [0.25, 0.3) is 0 Å². The Morgan fingerprint density at radius 3 is 2.79 bits per heavy atom. The molecule has 1 aromatic heterocycles. The van der Waals surface area contributed by atoms with Crippen LogP contribution in [0.25, 0.3) is 0 Å². The standard InChI is InChI=1S/C14H22ClN3O/c1-9(19-14(2,3)4)10-7-16-8-11(10)12-5-6-17-13(15)18-12/h5-6,9-11,16H,7-8H2,1-4H3/t9-,10?,11-/m0/s1. The van der Waals surface area contributed by atoms with Gasteiger partial charge in [0.15, 0.2) is 0 Å². The van der Waals surface area contributed by atoms with Gasteiger partial charge in [-0.1, -0.05) is 0 Å². The van der Waals surface area contributed by atoms with Crippen molar-refractivity contribution in [3.05, 3.63) is 23.2 Å². The highest BCUT2D eigenvalue weighted by atomic mass is 35.5. The molecule has 0 aromatic carbocycles. The van der Waals surface area contributed by atoms with E-state index in [2.05, 4.69) is 43.0 Å². The summed E-state index contributed by atoms with van der Waals surface area (Å²) in [5.41, 5.74) is 0.870. The minimum absolute atomic E-state index is 0.129. The van der Waals surface area contributed by atoms with Crippen LogP contribution >= 0.6 is 11.6 Å². The van der Waals surface area contributed by atoms with Crippen LogP contribution in [-0.2, 0) is 4.74 Å². The van der Waals surface area contributed by atoms with Crippen molar-refractivity contribution in [3.8, 4) is 0 Å². The number of ether oxygens (including phenoxy) is 1. The van der Waals surface area contributed by atoms with Gasteiger partial charge in [-0.3, -0.25) is 0 Å². The molecule has 5 heteroatoms. The van der Waals surface area contributed by atoms with Gasteiger partial charge in [0.1, 0.15) is 0 Å². The van der Waals surface area contributed by atoms with E-state index in [4.69, 9.17) is 16.3 Å². The van der Waals surface area contributed by atoms with Gasteiger partial charge in [-0.05, 0) is 45.4 Å². The summed E-state index contributed by atoms with van der Waals surface area (Å²) in [6.45, 7) is 10.3. The van der Waals surface area contributed by atoms with Gasteiger partial charge in [0, 0.05) is 31.1 Å². The molecule has 0 aliphatic carbocycles. The first-order valence-corrected chi connectivity index (χ1v) is 7.11. The van der Waals surface area contributed by atoms with Crippen molar-refractivity contribution in [1.29, 1.82) is 0 Å². The van der Waals surface area contributed by atoms with Crippen molar-refractivity contribution in [2.75, 3.05) is 13.1 Å². The average molecular weight is 284 g/mol. The fourth-order valence-corrected chi connectivity index (χ4v) is 2.87. The molecule has 2 rings (SSSR count). The summed E-state index contributed by atoms with van der Waals surface area (Å²) < 4.78 is 6.09. The van der Waals surface area contributed by atoms with Crippen LogP contribution in [0.5, 0.6) is 0 Å². The van der Waals surface area contributed by atoms with E-state index in [1.165, 1.54) is 0 Å². The van der Waals surface area contributed by atoms with Crippen LogP contribution in [0, 0.1) is 5.92 Å². The summed E-state index contributed by atoms with van der Waals surface area (Å²) in [7, 11) is 0. The molecule has 1 aliphatic heterocycles. The Bertz CT molecular complexity index is 433. The first-order chi connectivity index (χ1) is 8.87. The average Bonchev–Trinajstić information content (AvgIpc) is 2.75. The van der Waals surface area contributed by atoms with Gasteiger partial charge < -0.3 is 10.1 Å². The molecule has 106 valence electrons. The van der Waals surface area contributed by atoms with E-state index in [-0.39, 0.29) is 11.7 Å². The molecule has 0 bridgehead atoms. The quantitative estimate of drug-likeness (QED) is 0.867. The number of aromatic nitrogens is 2. The molecule has 1 saturated heterocycles. The highest BCUT2D eigenvalue weighted by Crippen LogP contribution is 2.32. The SMILES string of the molecule is C[C@H](OC(C)(C)C)C1CNC[C@@H]1c1ccnc(Cl)n1. The molecule has 1 fully saturated rings. The molecule has 1 aliphatic rings. The predicted molar refractivity (Wildman–Crippen MR) is 76.4 cm³/mol. The molecular formula is C14H22ClN3O. The van der Waals surface area contributed by atoms with E-state index in [0.29, 0.717) is 17.1 Å². The van der Waals surface area contributed by atoms with Crippen LogP contribution < -0.4 is 5.32 Å². The van der Waals surface area contributed by atoms with Crippen molar-refractivity contribution in [2.45, 2.75) is 45.3 Å². The number of rotatable bonds is 3. The minimum Gasteiger partial charge on any atom is -0.373 e. The smallest absolute Gasteiger partial charge is 0.222 e. The lowest BCUT2D eigenvalue weighted by molar-refractivity contribution is -0.0752. The van der Waals surface area contributed by atoms with Gasteiger partial charge in [-0.15, -0.1) is 0 Å². The molecule has 1 N–H and O–H groups in total. The molecule has 19 heavy (non-hydrogen) atoms. The second kappa shape index (κ2) is 5.73. The molecule has 4 nitrogen and oxygen atoms in total. The Labute approximate surface area is 119 Å². The highest BCUT2D eigenvalue weighted by molar-refractivity contribution is 6.28. The maximum Gasteiger partial charge on any atom is 0.222 e. The van der Waals surface area contributed by atoms with Crippen molar-refractivity contribution in [3.63, 3.8) is 0 Å². The van der Waals surface area contributed by atoms with E-state index < -0.39 is 0 Å². The molecule has 2 heterocycles. The Morgan fingerprint density at radius 2 is 2.16 bits per heavy atom. The zero-order chi connectivity index (χ0) is 14.0. The summed E-state index contributed by atoms with van der Waals surface area (Å²) in [4.78, 5) is 8.29. The van der Waals surface area contributed by atoms with Gasteiger partial charge in [0.05, 0.1) is 17.4 Å². The molecule has 1 aromatic rings. The first-order valence-electron chi connectivity index (χ1n) is 6.74. The maximum absolute atomic E-state index is 6.09. The molecule has 0 spiro atoms. The summed E-state index contributed by atoms with van der Waals surface area (Å²) in [6, 6.07) is 1.94. The largest absolute Gasteiger partial charge is 0.373 e. The van der Waals surface area contributed by atoms with Crippen molar-refractivity contribution >= 4 is 11.6 Å². The monoisotopic (exact) mass is 283 g/mol. The van der Waals surface area contributed by atoms with Gasteiger partial charge >= 0.3 is 0 Å². The van der Waals surface area contributed by atoms with Crippen LogP contribution in [0.2, 0.25) is 5.28 Å². The lowest BCUT2D eigenvalue weighted by atomic mass is 9.88. The zero-order valence-electron chi connectivity index (χ0n) is 12.0. The topological polar surface area (TPSA) is 47.0 Å².